The number of thiazole rings is 1. The number of nitrogens with zero attached hydrogens (tertiary/aromatic N) is 5. The lowest BCUT2D eigenvalue weighted by molar-refractivity contribution is -0.130. The summed E-state index contributed by atoms with van der Waals surface area (Å²) in [7, 11) is 1.64. The molecule has 1 saturated heterocycles. The van der Waals surface area contributed by atoms with Gasteiger partial charge in [0.15, 0.2) is 10.8 Å². The van der Waals surface area contributed by atoms with Gasteiger partial charge >= 0.3 is 0 Å². The number of piperazine rings is 1. The van der Waals surface area contributed by atoms with Crippen LogP contribution in [0.2, 0.25) is 0 Å². The van der Waals surface area contributed by atoms with E-state index in [0.717, 1.165) is 32.6 Å². The summed E-state index contributed by atoms with van der Waals surface area (Å²) in [6, 6.07) is 14.2. The third kappa shape index (κ3) is 4.16. The van der Waals surface area contributed by atoms with Gasteiger partial charge < -0.3 is 14.5 Å². The third-order valence-electron chi connectivity index (χ3n) is 5.90. The van der Waals surface area contributed by atoms with Crippen LogP contribution in [0, 0.1) is 12.7 Å². The normalized spacial score (nSPS) is 14.2. The van der Waals surface area contributed by atoms with E-state index in [0.29, 0.717) is 31.7 Å². The molecule has 2 aromatic carbocycles. The SMILES string of the molecule is COc1ccc(-n2nc(C)c3sc(N4CCN(C(=O)Cc5ccccc5F)CC4)nc32)cc1. The van der Waals surface area contributed by atoms with Crippen LogP contribution in [0.1, 0.15) is 11.3 Å². The number of aryl methyl sites for hydroxylation is 1. The molecule has 0 unspecified atom stereocenters. The van der Waals surface area contributed by atoms with Crippen LogP contribution in [0.25, 0.3) is 16.0 Å². The molecule has 0 N–H and O–H groups in total. The van der Waals surface area contributed by atoms with Crippen LogP contribution in [0.15, 0.2) is 48.5 Å². The summed E-state index contributed by atoms with van der Waals surface area (Å²) >= 11 is 1.62. The van der Waals surface area contributed by atoms with Crippen molar-refractivity contribution in [1.29, 1.82) is 0 Å². The first-order valence-electron chi connectivity index (χ1n) is 10.8. The fourth-order valence-corrected chi connectivity index (χ4v) is 5.06. The topological polar surface area (TPSA) is 63.5 Å². The Bertz CT molecular complexity index is 1290. The minimum atomic E-state index is -0.333. The van der Waals surface area contributed by atoms with Gasteiger partial charge in [0.05, 0.1) is 29.6 Å². The summed E-state index contributed by atoms with van der Waals surface area (Å²) in [5, 5.41) is 5.59. The van der Waals surface area contributed by atoms with Gasteiger partial charge in [-0.1, -0.05) is 29.5 Å². The molecule has 5 rings (SSSR count). The molecule has 1 fully saturated rings. The number of carbonyl (C=O) groups excluding carboxylic acids is 1. The van der Waals surface area contributed by atoms with Crippen molar-refractivity contribution >= 4 is 32.7 Å². The summed E-state index contributed by atoms with van der Waals surface area (Å²) < 4.78 is 22.1. The quantitative estimate of drug-likeness (QED) is 0.448. The van der Waals surface area contributed by atoms with Crippen molar-refractivity contribution in [2.24, 2.45) is 0 Å². The van der Waals surface area contributed by atoms with Crippen LogP contribution in [-0.4, -0.2) is 58.9 Å². The molecule has 3 heterocycles. The van der Waals surface area contributed by atoms with Crippen molar-refractivity contribution < 1.29 is 13.9 Å². The van der Waals surface area contributed by atoms with E-state index in [1.54, 1.807) is 41.5 Å². The number of methoxy groups -OCH3 is 1. The molecule has 0 spiro atoms. The van der Waals surface area contributed by atoms with Gasteiger partial charge in [0, 0.05) is 26.2 Å². The van der Waals surface area contributed by atoms with E-state index in [2.05, 4.69) is 10.00 Å². The molecule has 2 aromatic heterocycles. The van der Waals surface area contributed by atoms with E-state index in [1.165, 1.54) is 6.07 Å². The molecule has 0 atom stereocenters. The first-order valence-corrected chi connectivity index (χ1v) is 11.6. The van der Waals surface area contributed by atoms with E-state index < -0.39 is 0 Å². The fraction of sp³-hybridized carbons (Fsp3) is 0.292. The van der Waals surface area contributed by atoms with Crippen molar-refractivity contribution in [1.82, 2.24) is 19.7 Å². The predicted molar refractivity (Wildman–Crippen MR) is 127 cm³/mol. The second-order valence-corrected chi connectivity index (χ2v) is 8.96. The Morgan fingerprint density at radius 3 is 2.52 bits per heavy atom. The lowest BCUT2D eigenvalue weighted by Crippen LogP contribution is -2.49. The number of hydrogen-bond donors (Lipinski definition) is 0. The molecule has 4 aromatic rings. The number of carbonyl (C=O) groups is 1. The van der Waals surface area contributed by atoms with E-state index >= 15 is 0 Å². The van der Waals surface area contributed by atoms with Gasteiger partial charge in [-0.3, -0.25) is 4.79 Å². The molecule has 0 bridgehead atoms. The molecule has 1 amide bonds. The second-order valence-electron chi connectivity index (χ2n) is 7.98. The number of benzene rings is 2. The fourth-order valence-electron chi connectivity index (χ4n) is 4.03. The number of hydrogen-bond acceptors (Lipinski definition) is 6. The van der Waals surface area contributed by atoms with Crippen molar-refractivity contribution in [3.05, 3.63) is 65.6 Å². The number of rotatable bonds is 5. The summed E-state index contributed by atoms with van der Waals surface area (Å²) in [5.41, 5.74) is 3.13. The largest absolute Gasteiger partial charge is 0.497 e. The molecular formula is C24H24FN5O2S. The first kappa shape index (κ1) is 21.4. The van der Waals surface area contributed by atoms with Crippen LogP contribution >= 0.6 is 11.3 Å². The highest BCUT2D eigenvalue weighted by Crippen LogP contribution is 2.33. The number of ether oxygens (including phenoxy) is 1. The van der Waals surface area contributed by atoms with Crippen LogP contribution in [0.3, 0.4) is 0 Å². The first-order chi connectivity index (χ1) is 16.0. The minimum absolute atomic E-state index is 0.0463. The number of halogens is 1. The van der Waals surface area contributed by atoms with Gasteiger partial charge in [0.25, 0.3) is 0 Å². The Morgan fingerprint density at radius 1 is 1.09 bits per heavy atom. The molecular weight excluding hydrogens is 441 g/mol. The van der Waals surface area contributed by atoms with Crippen LogP contribution in [0.5, 0.6) is 5.75 Å². The zero-order valence-corrected chi connectivity index (χ0v) is 19.3. The van der Waals surface area contributed by atoms with Crippen molar-refractivity contribution in [3.8, 4) is 11.4 Å². The highest BCUT2D eigenvalue weighted by Gasteiger charge is 2.25. The van der Waals surface area contributed by atoms with Crippen LogP contribution < -0.4 is 9.64 Å². The van der Waals surface area contributed by atoms with Crippen molar-refractivity contribution in [2.75, 3.05) is 38.2 Å². The zero-order valence-electron chi connectivity index (χ0n) is 18.5. The summed E-state index contributed by atoms with van der Waals surface area (Å²) in [5.74, 6) is 0.413. The van der Waals surface area contributed by atoms with E-state index in [1.807, 2.05) is 35.9 Å². The van der Waals surface area contributed by atoms with Gasteiger partial charge in [-0.15, -0.1) is 0 Å². The Morgan fingerprint density at radius 2 is 1.82 bits per heavy atom. The van der Waals surface area contributed by atoms with Gasteiger partial charge in [-0.2, -0.15) is 10.1 Å². The standard InChI is InChI=1S/C24H24FN5O2S/c1-16-22-23(30(27-16)18-7-9-19(32-2)10-8-18)26-24(33-22)29-13-11-28(12-14-29)21(31)15-17-5-3-4-6-20(17)25/h3-10H,11-15H2,1-2H3. The number of aromatic nitrogens is 3. The molecule has 0 radical (unpaired) electrons. The maximum Gasteiger partial charge on any atom is 0.227 e. The molecule has 33 heavy (non-hydrogen) atoms. The molecule has 9 heteroatoms. The summed E-state index contributed by atoms with van der Waals surface area (Å²) in [4.78, 5) is 21.6. The summed E-state index contributed by atoms with van der Waals surface area (Å²) in [6.45, 7) is 4.55. The van der Waals surface area contributed by atoms with Crippen LogP contribution in [-0.2, 0) is 11.2 Å². The Hall–Kier alpha value is -3.46. The van der Waals surface area contributed by atoms with Gasteiger partial charge in [0.2, 0.25) is 5.91 Å². The van der Waals surface area contributed by atoms with Gasteiger partial charge in [-0.25, -0.2) is 9.07 Å². The monoisotopic (exact) mass is 465 g/mol. The highest BCUT2D eigenvalue weighted by atomic mass is 32.1. The zero-order chi connectivity index (χ0) is 22.9. The molecule has 1 aliphatic rings. The Kier molecular flexibility index (Phi) is 5.72. The van der Waals surface area contributed by atoms with E-state index in [9.17, 15) is 9.18 Å². The average molecular weight is 466 g/mol. The maximum absolute atomic E-state index is 13.9. The summed E-state index contributed by atoms with van der Waals surface area (Å²) in [6.07, 6.45) is 0.0880. The number of fused-ring (bicyclic) bond motifs is 1. The van der Waals surface area contributed by atoms with E-state index in [4.69, 9.17) is 9.72 Å². The average Bonchev–Trinajstić information content (AvgIpc) is 3.41. The Balaban J connectivity index is 1.29. The van der Waals surface area contributed by atoms with Crippen molar-refractivity contribution in [2.45, 2.75) is 13.3 Å². The van der Waals surface area contributed by atoms with Crippen LogP contribution in [0.4, 0.5) is 9.52 Å². The lowest BCUT2D eigenvalue weighted by atomic mass is 10.1. The molecule has 1 aliphatic heterocycles. The maximum atomic E-state index is 13.9. The van der Waals surface area contributed by atoms with Crippen molar-refractivity contribution in [3.63, 3.8) is 0 Å². The minimum Gasteiger partial charge on any atom is -0.497 e. The highest BCUT2D eigenvalue weighted by molar-refractivity contribution is 7.22. The smallest absolute Gasteiger partial charge is 0.227 e. The van der Waals surface area contributed by atoms with E-state index in [-0.39, 0.29) is 18.1 Å². The molecule has 0 aliphatic carbocycles. The number of anilines is 1. The molecule has 7 nitrogen and oxygen atoms in total. The molecule has 0 saturated carbocycles. The third-order valence-corrected chi connectivity index (χ3v) is 7.11. The van der Waals surface area contributed by atoms with Gasteiger partial charge in [-0.05, 0) is 42.8 Å². The second kappa shape index (κ2) is 8.82. The number of amides is 1. The predicted octanol–water partition coefficient (Wildman–Crippen LogP) is 3.83. The lowest BCUT2D eigenvalue weighted by Gasteiger charge is -2.34. The molecule has 170 valence electrons. The Labute approximate surface area is 195 Å². The van der Waals surface area contributed by atoms with Gasteiger partial charge in [0.1, 0.15) is 11.6 Å².